The van der Waals surface area contributed by atoms with Gasteiger partial charge < -0.3 is 4.90 Å². The van der Waals surface area contributed by atoms with Crippen LogP contribution >= 0.6 is 0 Å². The van der Waals surface area contributed by atoms with E-state index < -0.39 is 0 Å². The van der Waals surface area contributed by atoms with E-state index in [2.05, 4.69) is 28.7 Å². The van der Waals surface area contributed by atoms with Crippen LogP contribution in [0.5, 0.6) is 0 Å². The van der Waals surface area contributed by atoms with Crippen molar-refractivity contribution in [2.45, 2.75) is 13.3 Å². The molecule has 0 atom stereocenters. The lowest BCUT2D eigenvalue weighted by Crippen LogP contribution is -2.55. The minimum Gasteiger partial charge on any atom is -0.305 e. The van der Waals surface area contributed by atoms with Crippen LogP contribution in [-0.4, -0.2) is 49.6 Å². The molecule has 2 heterocycles. The van der Waals surface area contributed by atoms with Gasteiger partial charge in [-0.2, -0.15) is 0 Å². The molecule has 0 saturated carbocycles. The van der Waals surface area contributed by atoms with E-state index in [0.717, 1.165) is 6.54 Å². The smallest absolute Gasteiger partial charge is 0.0601 e. The summed E-state index contributed by atoms with van der Waals surface area (Å²) in [7, 11) is 2.21. The molecule has 0 aliphatic carbocycles. The molecule has 0 bridgehead atoms. The van der Waals surface area contributed by atoms with Crippen molar-refractivity contribution < 1.29 is 0 Å². The maximum absolute atomic E-state index is 3.15. The molecule has 2 rings (SSSR count). The number of hydrogen-bond donors (Lipinski definition) is 0. The van der Waals surface area contributed by atoms with Crippen molar-refractivity contribution in [3.63, 3.8) is 0 Å². The molecule has 2 aliphatic heterocycles. The van der Waals surface area contributed by atoms with Gasteiger partial charge in [-0.15, -0.1) is 5.92 Å². The molecule has 2 heteroatoms. The zero-order valence-electron chi connectivity index (χ0n) is 8.64. The molecular formula is C11H18N2. The molecule has 0 N–H and O–H groups in total. The highest BCUT2D eigenvalue weighted by molar-refractivity contribution is 5.04. The summed E-state index contributed by atoms with van der Waals surface area (Å²) >= 11 is 0. The maximum atomic E-state index is 3.15. The summed E-state index contributed by atoms with van der Waals surface area (Å²) in [5.41, 5.74) is 0.643. The normalized spacial score (nSPS) is 26.9. The van der Waals surface area contributed by atoms with Crippen LogP contribution in [0.2, 0.25) is 0 Å². The zero-order chi connectivity index (χ0) is 9.31. The Labute approximate surface area is 80.9 Å². The molecule has 1 spiro atoms. The van der Waals surface area contributed by atoms with Gasteiger partial charge in [-0.3, -0.25) is 4.90 Å². The van der Waals surface area contributed by atoms with Crippen LogP contribution in [0.25, 0.3) is 0 Å². The van der Waals surface area contributed by atoms with Gasteiger partial charge in [0.25, 0.3) is 0 Å². The standard InChI is InChI=1S/C11H18N2/c1-3-4-6-13-7-5-11(10-13)8-12(2)9-11/h5-10H2,1-2H3. The quantitative estimate of drug-likeness (QED) is 0.544. The molecule has 0 unspecified atom stereocenters. The molecule has 2 fully saturated rings. The van der Waals surface area contributed by atoms with E-state index in [9.17, 15) is 0 Å². The van der Waals surface area contributed by atoms with E-state index in [4.69, 9.17) is 0 Å². The fourth-order valence-corrected chi connectivity index (χ4v) is 2.71. The molecular weight excluding hydrogens is 160 g/mol. The Bertz CT molecular complexity index is 243. The molecule has 0 aromatic heterocycles. The SMILES string of the molecule is CC#CCN1CCC2(CN(C)C2)C1. The fraction of sp³-hybridized carbons (Fsp3) is 0.818. The Morgan fingerprint density at radius 2 is 2.08 bits per heavy atom. The second-order valence-electron chi connectivity index (χ2n) is 4.56. The maximum Gasteiger partial charge on any atom is 0.0601 e. The Morgan fingerprint density at radius 3 is 2.69 bits per heavy atom. The van der Waals surface area contributed by atoms with Gasteiger partial charge in [-0.05, 0) is 26.9 Å². The Kier molecular flexibility index (Phi) is 2.31. The van der Waals surface area contributed by atoms with Gasteiger partial charge in [-0.25, -0.2) is 0 Å². The van der Waals surface area contributed by atoms with Crippen molar-refractivity contribution in [3.05, 3.63) is 0 Å². The highest BCUT2D eigenvalue weighted by Crippen LogP contribution is 2.38. The minimum absolute atomic E-state index is 0.643. The lowest BCUT2D eigenvalue weighted by atomic mass is 9.79. The highest BCUT2D eigenvalue weighted by atomic mass is 15.2. The summed E-state index contributed by atoms with van der Waals surface area (Å²) in [6.45, 7) is 8.01. The third kappa shape index (κ3) is 1.72. The molecule has 2 nitrogen and oxygen atoms in total. The van der Waals surface area contributed by atoms with E-state index in [-0.39, 0.29) is 0 Å². The van der Waals surface area contributed by atoms with Crippen molar-refractivity contribution in [1.82, 2.24) is 9.80 Å². The van der Waals surface area contributed by atoms with E-state index in [1.807, 2.05) is 6.92 Å². The summed E-state index contributed by atoms with van der Waals surface area (Å²) in [5.74, 6) is 6.11. The third-order valence-electron chi connectivity index (χ3n) is 3.21. The van der Waals surface area contributed by atoms with Gasteiger partial charge in [0, 0.05) is 25.0 Å². The predicted molar refractivity (Wildman–Crippen MR) is 54.4 cm³/mol. The Morgan fingerprint density at radius 1 is 1.31 bits per heavy atom. The van der Waals surface area contributed by atoms with Gasteiger partial charge in [0.2, 0.25) is 0 Å². The minimum atomic E-state index is 0.643. The van der Waals surface area contributed by atoms with Crippen LogP contribution in [-0.2, 0) is 0 Å². The average molecular weight is 178 g/mol. The van der Waals surface area contributed by atoms with Gasteiger partial charge in [0.05, 0.1) is 6.54 Å². The van der Waals surface area contributed by atoms with E-state index >= 15 is 0 Å². The summed E-state index contributed by atoms with van der Waals surface area (Å²) < 4.78 is 0. The molecule has 2 saturated heterocycles. The van der Waals surface area contributed by atoms with Gasteiger partial charge >= 0.3 is 0 Å². The van der Waals surface area contributed by atoms with Crippen LogP contribution in [0.15, 0.2) is 0 Å². The molecule has 72 valence electrons. The summed E-state index contributed by atoms with van der Waals surface area (Å²) in [4.78, 5) is 4.90. The second-order valence-corrected chi connectivity index (χ2v) is 4.56. The van der Waals surface area contributed by atoms with Gasteiger partial charge in [-0.1, -0.05) is 5.92 Å². The molecule has 0 radical (unpaired) electrons. The predicted octanol–water partition coefficient (Wildman–Crippen LogP) is 0.647. The molecule has 0 aromatic carbocycles. The van der Waals surface area contributed by atoms with Crippen molar-refractivity contribution in [2.75, 3.05) is 39.8 Å². The fourth-order valence-electron chi connectivity index (χ4n) is 2.71. The first-order valence-corrected chi connectivity index (χ1v) is 5.05. The average Bonchev–Trinajstić information content (AvgIpc) is 2.45. The van der Waals surface area contributed by atoms with E-state index in [1.165, 1.54) is 32.6 Å². The van der Waals surface area contributed by atoms with Crippen LogP contribution in [0.1, 0.15) is 13.3 Å². The lowest BCUT2D eigenvalue weighted by molar-refractivity contribution is 0.0319. The lowest BCUT2D eigenvalue weighted by Gasteiger charge is -2.46. The highest BCUT2D eigenvalue weighted by Gasteiger charge is 2.45. The number of rotatable bonds is 1. The molecule has 0 aromatic rings. The monoisotopic (exact) mass is 178 g/mol. The zero-order valence-corrected chi connectivity index (χ0v) is 8.64. The van der Waals surface area contributed by atoms with E-state index in [0.29, 0.717) is 5.41 Å². The first kappa shape index (κ1) is 9.05. The molecule has 0 amide bonds. The van der Waals surface area contributed by atoms with Crippen LogP contribution < -0.4 is 0 Å². The van der Waals surface area contributed by atoms with Crippen molar-refractivity contribution in [3.8, 4) is 11.8 Å². The Balaban J connectivity index is 1.83. The van der Waals surface area contributed by atoms with Crippen LogP contribution in [0, 0.1) is 17.3 Å². The molecule has 13 heavy (non-hydrogen) atoms. The van der Waals surface area contributed by atoms with Crippen molar-refractivity contribution >= 4 is 0 Å². The summed E-state index contributed by atoms with van der Waals surface area (Å²) in [5, 5.41) is 0. The van der Waals surface area contributed by atoms with Gasteiger partial charge in [0.1, 0.15) is 0 Å². The largest absolute Gasteiger partial charge is 0.305 e. The molecule has 2 aliphatic rings. The number of nitrogens with zero attached hydrogens (tertiary/aromatic N) is 2. The first-order valence-electron chi connectivity index (χ1n) is 5.05. The Hall–Kier alpha value is -0.520. The van der Waals surface area contributed by atoms with Crippen LogP contribution in [0.3, 0.4) is 0 Å². The van der Waals surface area contributed by atoms with E-state index in [1.54, 1.807) is 0 Å². The summed E-state index contributed by atoms with van der Waals surface area (Å²) in [6, 6.07) is 0. The summed E-state index contributed by atoms with van der Waals surface area (Å²) in [6.07, 6.45) is 1.38. The number of likely N-dealkylation sites (tertiary alicyclic amines) is 2. The topological polar surface area (TPSA) is 6.48 Å². The second kappa shape index (κ2) is 3.32. The first-order chi connectivity index (χ1) is 6.24. The van der Waals surface area contributed by atoms with Crippen molar-refractivity contribution in [2.24, 2.45) is 5.41 Å². The number of hydrogen-bond acceptors (Lipinski definition) is 2. The van der Waals surface area contributed by atoms with Gasteiger partial charge in [0.15, 0.2) is 0 Å². The van der Waals surface area contributed by atoms with Crippen molar-refractivity contribution in [1.29, 1.82) is 0 Å². The third-order valence-corrected chi connectivity index (χ3v) is 3.21. The van der Waals surface area contributed by atoms with Crippen LogP contribution in [0.4, 0.5) is 0 Å².